The third-order valence-corrected chi connectivity index (χ3v) is 2.58. The van der Waals surface area contributed by atoms with Gasteiger partial charge in [0.1, 0.15) is 5.75 Å². The first-order valence-electron chi connectivity index (χ1n) is 5.50. The van der Waals surface area contributed by atoms with Gasteiger partial charge in [-0.3, -0.25) is 9.48 Å². The lowest BCUT2D eigenvalue weighted by Gasteiger charge is -2.03. The van der Waals surface area contributed by atoms with E-state index in [4.69, 9.17) is 4.74 Å². The third-order valence-electron chi connectivity index (χ3n) is 2.58. The smallest absolute Gasteiger partial charge is 0.183 e. The summed E-state index contributed by atoms with van der Waals surface area (Å²) in [4.78, 5) is 11.2. The SMILES string of the molecule is COc1ccc(Cn2cc(O)c(C(C)=O)n2)cc1. The van der Waals surface area contributed by atoms with Crippen LogP contribution in [-0.2, 0) is 6.54 Å². The number of hydrogen-bond donors (Lipinski definition) is 1. The van der Waals surface area contributed by atoms with Gasteiger partial charge in [0, 0.05) is 6.92 Å². The van der Waals surface area contributed by atoms with Gasteiger partial charge in [0.25, 0.3) is 0 Å². The van der Waals surface area contributed by atoms with Crippen molar-refractivity contribution in [1.82, 2.24) is 9.78 Å². The molecule has 5 heteroatoms. The second kappa shape index (κ2) is 4.91. The molecule has 0 amide bonds. The lowest BCUT2D eigenvalue weighted by atomic mass is 10.2. The molecule has 1 heterocycles. The van der Waals surface area contributed by atoms with Crippen LogP contribution >= 0.6 is 0 Å². The Kier molecular flexibility index (Phi) is 3.32. The molecule has 0 aliphatic heterocycles. The highest BCUT2D eigenvalue weighted by Crippen LogP contribution is 2.17. The Morgan fingerprint density at radius 1 is 1.39 bits per heavy atom. The van der Waals surface area contributed by atoms with Crippen LogP contribution in [0.25, 0.3) is 0 Å². The summed E-state index contributed by atoms with van der Waals surface area (Å²) >= 11 is 0. The molecule has 5 nitrogen and oxygen atoms in total. The van der Waals surface area contributed by atoms with Crippen molar-refractivity contribution in [2.75, 3.05) is 7.11 Å². The molecule has 94 valence electrons. The van der Waals surface area contributed by atoms with E-state index in [0.29, 0.717) is 6.54 Å². The van der Waals surface area contributed by atoms with Crippen LogP contribution in [-0.4, -0.2) is 27.8 Å². The van der Waals surface area contributed by atoms with Crippen molar-refractivity contribution < 1.29 is 14.6 Å². The molecule has 0 radical (unpaired) electrons. The number of aromatic hydroxyl groups is 1. The second-order valence-corrected chi connectivity index (χ2v) is 3.96. The van der Waals surface area contributed by atoms with E-state index >= 15 is 0 Å². The molecule has 0 saturated carbocycles. The number of Topliss-reactive ketones (excluding diaryl/α,β-unsaturated/α-hetero) is 1. The van der Waals surface area contributed by atoms with E-state index in [1.165, 1.54) is 17.8 Å². The summed E-state index contributed by atoms with van der Waals surface area (Å²) in [6, 6.07) is 7.52. The van der Waals surface area contributed by atoms with Crippen molar-refractivity contribution in [3.8, 4) is 11.5 Å². The molecule has 18 heavy (non-hydrogen) atoms. The molecule has 2 aromatic rings. The number of rotatable bonds is 4. The van der Waals surface area contributed by atoms with Crippen molar-refractivity contribution in [2.24, 2.45) is 0 Å². The molecule has 0 saturated heterocycles. The van der Waals surface area contributed by atoms with E-state index < -0.39 is 0 Å². The number of aromatic nitrogens is 2. The summed E-state index contributed by atoms with van der Waals surface area (Å²) in [6.07, 6.45) is 1.45. The molecule has 0 bridgehead atoms. The molecule has 0 aliphatic rings. The Morgan fingerprint density at radius 2 is 2.06 bits per heavy atom. The van der Waals surface area contributed by atoms with Crippen molar-refractivity contribution in [3.05, 3.63) is 41.7 Å². The summed E-state index contributed by atoms with van der Waals surface area (Å²) in [5.41, 5.74) is 1.11. The Balaban J connectivity index is 2.18. The molecular weight excluding hydrogens is 232 g/mol. The summed E-state index contributed by atoms with van der Waals surface area (Å²) in [5, 5.41) is 13.6. The standard InChI is InChI=1S/C13H14N2O3/c1-9(16)13-12(17)8-15(14-13)7-10-3-5-11(18-2)6-4-10/h3-6,8,17H,7H2,1-2H3. The monoisotopic (exact) mass is 246 g/mol. The van der Waals surface area contributed by atoms with Gasteiger partial charge in [-0.05, 0) is 17.7 Å². The van der Waals surface area contributed by atoms with E-state index in [2.05, 4.69) is 5.10 Å². The van der Waals surface area contributed by atoms with Crippen molar-refractivity contribution in [3.63, 3.8) is 0 Å². The van der Waals surface area contributed by atoms with Gasteiger partial charge in [0.05, 0.1) is 19.9 Å². The van der Waals surface area contributed by atoms with Crippen molar-refractivity contribution in [2.45, 2.75) is 13.5 Å². The van der Waals surface area contributed by atoms with Crippen LogP contribution in [0.3, 0.4) is 0 Å². The van der Waals surface area contributed by atoms with Gasteiger partial charge in [0.15, 0.2) is 17.2 Å². The number of benzene rings is 1. The minimum Gasteiger partial charge on any atom is -0.504 e. The van der Waals surface area contributed by atoms with E-state index in [1.807, 2.05) is 24.3 Å². The number of ketones is 1. The minimum atomic E-state index is -0.249. The zero-order valence-electron chi connectivity index (χ0n) is 10.3. The third kappa shape index (κ3) is 2.51. The van der Waals surface area contributed by atoms with Crippen LogP contribution in [0.1, 0.15) is 23.0 Å². The topological polar surface area (TPSA) is 64.3 Å². The molecule has 1 aromatic carbocycles. The second-order valence-electron chi connectivity index (χ2n) is 3.96. The number of carbonyl (C=O) groups excluding carboxylic acids is 1. The molecule has 0 fully saturated rings. The van der Waals surface area contributed by atoms with Gasteiger partial charge < -0.3 is 9.84 Å². The first-order valence-corrected chi connectivity index (χ1v) is 5.50. The largest absolute Gasteiger partial charge is 0.504 e. The van der Waals surface area contributed by atoms with E-state index in [1.54, 1.807) is 7.11 Å². The molecular formula is C13H14N2O3. The lowest BCUT2D eigenvalue weighted by Crippen LogP contribution is -2.02. The first kappa shape index (κ1) is 12.2. The number of hydrogen-bond acceptors (Lipinski definition) is 4. The van der Waals surface area contributed by atoms with Gasteiger partial charge in [-0.15, -0.1) is 0 Å². The summed E-state index contributed by atoms with van der Waals surface area (Å²) in [5.74, 6) is 0.448. The molecule has 1 aromatic heterocycles. The van der Waals surface area contributed by atoms with Crippen LogP contribution in [0.4, 0.5) is 0 Å². The number of ether oxygens (including phenoxy) is 1. The Morgan fingerprint density at radius 3 is 2.56 bits per heavy atom. The quantitative estimate of drug-likeness (QED) is 0.836. The van der Waals surface area contributed by atoms with Gasteiger partial charge in [0.2, 0.25) is 0 Å². The molecule has 0 unspecified atom stereocenters. The Bertz CT molecular complexity index is 558. The molecule has 2 rings (SSSR count). The van der Waals surface area contributed by atoms with Gasteiger partial charge >= 0.3 is 0 Å². The molecule has 0 aliphatic carbocycles. The van der Waals surface area contributed by atoms with Crippen LogP contribution in [0.5, 0.6) is 11.5 Å². The predicted octanol–water partition coefficient (Wildman–Crippen LogP) is 1.85. The predicted molar refractivity (Wildman–Crippen MR) is 66.0 cm³/mol. The maximum atomic E-state index is 11.2. The van der Waals surface area contributed by atoms with Crippen molar-refractivity contribution >= 4 is 5.78 Å². The average Bonchev–Trinajstić information content (AvgIpc) is 2.71. The molecule has 0 atom stereocenters. The summed E-state index contributed by atoms with van der Waals surface area (Å²) < 4.78 is 6.60. The first-order chi connectivity index (χ1) is 8.60. The van der Waals surface area contributed by atoms with Gasteiger partial charge in [-0.1, -0.05) is 12.1 Å². The highest BCUT2D eigenvalue weighted by atomic mass is 16.5. The van der Waals surface area contributed by atoms with Crippen LogP contribution < -0.4 is 4.74 Å². The van der Waals surface area contributed by atoms with E-state index in [0.717, 1.165) is 11.3 Å². The number of methoxy groups -OCH3 is 1. The lowest BCUT2D eigenvalue weighted by molar-refractivity contribution is 0.101. The average molecular weight is 246 g/mol. The van der Waals surface area contributed by atoms with Gasteiger partial charge in [-0.2, -0.15) is 5.10 Å². The maximum absolute atomic E-state index is 11.2. The fraction of sp³-hybridized carbons (Fsp3) is 0.231. The fourth-order valence-corrected chi connectivity index (χ4v) is 1.66. The summed E-state index contributed by atoms with van der Waals surface area (Å²) in [6.45, 7) is 1.87. The van der Waals surface area contributed by atoms with Crippen LogP contribution in [0.2, 0.25) is 0 Å². The van der Waals surface area contributed by atoms with Crippen molar-refractivity contribution in [1.29, 1.82) is 0 Å². The highest BCUT2D eigenvalue weighted by Gasteiger charge is 2.11. The van der Waals surface area contributed by atoms with E-state index in [-0.39, 0.29) is 17.2 Å². The minimum absolute atomic E-state index is 0.0870. The Hall–Kier alpha value is -2.30. The zero-order valence-corrected chi connectivity index (χ0v) is 10.3. The maximum Gasteiger partial charge on any atom is 0.183 e. The highest BCUT2D eigenvalue weighted by molar-refractivity contribution is 5.94. The number of carbonyl (C=O) groups is 1. The zero-order chi connectivity index (χ0) is 13.1. The number of nitrogens with zero attached hydrogens (tertiary/aromatic N) is 2. The fourth-order valence-electron chi connectivity index (χ4n) is 1.66. The normalized spacial score (nSPS) is 10.3. The molecule has 1 N–H and O–H groups in total. The Labute approximate surface area is 105 Å². The summed E-state index contributed by atoms with van der Waals surface area (Å²) in [7, 11) is 1.61. The van der Waals surface area contributed by atoms with Crippen LogP contribution in [0.15, 0.2) is 30.5 Å². The van der Waals surface area contributed by atoms with Crippen LogP contribution in [0, 0.1) is 0 Å². The molecule has 0 spiro atoms. The van der Waals surface area contributed by atoms with E-state index in [9.17, 15) is 9.90 Å². The van der Waals surface area contributed by atoms with Gasteiger partial charge in [-0.25, -0.2) is 0 Å².